The highest BCUT2D eigenvalue weighted by molar-refractivity contribution is 5.25. The third-order valence-corrected chi connectivity index (χ3v) is 3.86. The van der Waals surface area contributed by atoms with Gasteiger partial charge in [0.15, 0.2) is 0 Å². The van der Waals surface area contributed by atoms with Gasteiger partial charge in [0.25, 0.3) is 0 Å². The highest BCUT2D eigenvalue weighted by Crippen LogP contribution is 2.27. The van der Waals surface area contributed by atoms with E-state index in [-0.39, 0.29) is 6.04 Å². The molecule has 2 N–H and O–H groups in total. The second-order valence-corrected chi connectivity index (χ2v) is 5.33. The smallest absolute Gasteiger partial charge is 0.0323 e. The lowest BCUT2D eigenvalue weighted by Gasteiger charge is -2.23. The lowest BCUT2D eigenvalue weighted by Crippen LogP contribution is -2.21. The van der Waals surface area contributed by atoms with Crippen LogP contribution >= 0.6 is 0 Å². The van der Waals surface area contributed by atoms with E-state index in [9.17, 15) is 0 Å². The normalized spacial score (nSPS) is 14.4. The Labute approximate surface area is 113 Å². The summed E-state index contributed by atoms with van der Waals surface area (Å²) in [6.07, 6.45) is 7.36. The molecule has 1 rings (SSSR count). The predicted octanol–water partition coefficient (Wildman–Crippen LogP) is 4.86. The van der Waals surface area contributed by atoms with Crippen molar-refractivity contribution in [3.63, 3.8) is 0 Å². The lowest BCUT2D eigenvalue weighted by molar-refractivity contribution is 0.378. The van der Waals surface area contributed by atoms with E-state index < -0.39 is 0 Å². The SMILES string of the molecule is CCCCC(CC)C(N)c1ccc(CCC)cc1. The zero-order valence-corrected chi connectivity index (χ0v) is 12.3. The van der Waals surface area contributed by atoms with Crippen LogP contribution in [0, 0.1) is 5.92 Å². The van der Waals surface area contributed by atoms with E-state index in [1.165, 1.54) is 49.7 Å². The van der Waals surface area contributed by atoms with Crippen LogP contribution in [0.5, 0.6) is 0 Å². The molecule has 0 bridgehead atoms. The number of unbranched alkanes of at least 4 members (excludes halogenated alkanes) is 1. The molecule has 0 heterocycles. The minimum absolute atomic E-state index is 0.206. The Balaban J connectivity index is 2.65. The molecule has 0 fully saturated rings. The van der Waals surface area contributed by atoms with Crippen LogP contribution in [-0.2, 0) is 6.42 Å². The van der Waals surface area contributed by atoms with Crippen LogP contribution in [0.25, 0.3) is 0 Å². The summed E-state index contributed by atoms with van der Waals surface area (Å²) in [6.45, 7) is 6.72. The van der Waals surface area contributed by atoms with Crippen LogP contribution in [-0.4, -0.2) is 0 Å². The van der Waals surface area contributed by atoms with Gasteiger partial charge in [-0.2, -0.15) is 0 Å². The van der Waals surface area contributed by atoms with Crippen LogP contribution in [0.4, 0.5) is 0 Å². The molecule has 0 saturated carbocycles. The van der Waals surface area contributed by atoms with Crippen LogP contribution in [0.2, 0.25) is 0 Å². The van der Waals surface area contributed by atoms with Crippen molar-refractivity contribution in [2.75, 3.05) is 0 Å². The van der Waals surface area contributed by atoms with Crippen molar-refractivity contribution >= 4 is 0 Å². The maximum atomic E-state index is 6.41. The van der Waals surface area contributed by atoms with E-state index in [2.05, 4.69) is 45.0 Å². The Kier molecular flexibility index (Phi) is 7.04. The number of nitrogens with two attached hydrogens (primary N) is 1. The van der Waals surface area contributed by atoms with E-state index in [1.807, 2.05) is 0 Å². The van der Waals surface area contributed by atoms with Gasteiger partial charge in [0.1, 0.15) is 0 Å². The zero-order chi connectivity index (χ0) is 13.4. The Morgan fingerprint density at radius 1 is 1.00 bits per heavy atom. The van der Waals surface area contributed by atoms with Crippen LogP contribution in [0.15, 0.2) is 24.3 Å². The molecule has 0 aliphatic rings. The van der Waals surface area contributed by atoms with E-state index >= 15 is 0 Å². The third kappa shape index (κ3) is 4.45. The second kappa shape index (κ2) is 8.31. The van der Waals surface area contributed by atoms with Crippen molar-refractivity contribution in [3.8, 4) is 0 Å². The monoisotopic (exact) mass is 247 g/mol. The predicted molar refractivity (Wildman–Crippen MR) is 80.7 cm³/mol. The topological polar surface area (TPSA) is 26.0 Å². The Hall–Kier alpha value is -0.820. The fourth-order valence-electron chi connectivity index (χ4n) is 2.57. The number of hydrogen-bond acceptors (Lipinski definition) is 1. The van der Waals surface area contributed by atoms with Crippen LogP contribution in [0.3, 0.4) is 0 Å². The molecule has 18 heavy (non-hydrogen) atoms. The Morgan fingerprint density at radius 3 is 2.17 bits per heavy atom. The zero-order valence-electron chi connectivity index (χ0n) is 12.3. The van der Waals surface area contributed by atoms with Gasteiger partial charge >= 0.3 is 0 Å². The van der Waals surface area contributed by atoms with E-state index in [4.69, 9.17) is 5.73 Å². The standard InChI is InChI=1S/C17H29N/c1-4-7-9-15(6-3)17(18)16-12-10-14(8-5-2)11-13-16/h10-13,15,17H,4-9,18H2,1-3H3. The minimum atomic E-state index is 0.206. The van der Waals surface area contributed by atoms with Gasteiger partial charge in [-0.1, -0.05) is 70.7 Å². The molecular weight excluding hydrogens is 218 g/mol. The number of aryl methyl sites for hydroxylation is 1. The highest BCUT2D eigenvalue weighted by atomic mass is 14.6. The van der Waals surface area contributed by atoms with Crippen molar-refractivity contribution in [2.45, 2.75) is 65.3 Å². The van der Waals surface area contributed by atoms with Crippen molar-refractivity contribution in [3.05, 3.63) is 35.4 Å². The van der Waals surface area contributed by atoms with Gasteiger partial charge < -0.3 is 5.73 Å². The van der Waals surface area contributed by atoms with Crippen molar-refractivity contribution < 1.29 is 0 Å². The summed E-state index contributed by atoms with van der Waals surface area (Å²) in [5.41, 5.74) is 9.14. The molecule has 0 aliphatic heterocycles. The largest absolute Gasteiger partial charge is 0.324 e. The summed E-state index contributed by atoms with van der Waals surface area (Å²) in [6, 6.07) is 9.14. The molecule has 102 valence electrons. The van der Waals surface area contributed by atoms with Crippen molar-refractivity contribution in [1.29, 1.82) is 0 Å². The first-order chi connectivity index (χ1) is 8.72. The van der Waals surface area contributed by atoms with Gasteiger partial charge in [0, 0.05) is 6.04 Å². The van der Waals surface area contributed by atoms with E-state index in [0.29, 0.717) is 5.92 Å². The number of benzene rings is 1. The third-order valence-electron chi connectivity index (χ3n) is 3.86. The van der Waals surface area contributed by atoms with Gasteiger partial charge in [-0.25, -0.2) is 0 Å². The van der Waals surface area contributed by atoms with Gasteiger partial charge in [0.05, 0.1) is 0 Å². The fraction of sp³-hybridized carbons (Fsp3) is 0.647. The van der Waals surface area contributed by atoms with E-state index in [1.54, 1.807) is 0 Å². The fourth-order valence-corrected chi connectivity index (χ4v) is 2.57. The maximum Gasteiger partial charge on any atom is 0.0323 e. The molecule has 2 unspecified atom stereocenters. The van der Waals surface area contributed by atoms with Gasteiger partial charge in [-0.3, -0.25) is 0 Å². The quantitative estimate of drug-likeness (QED) is 0.698. The molecule has 0 radical (unpaired) electrons. The molecule has 0 saturated heterocycles. The average molecular weight is 247 g/mol. The van der Waals surface area contributed by atoms with Crippen molar-refractivity contribution in [1.82, 2.24) is 0 Å². The number of hydrogen-bond donors (Lipinski definition) is 1. The van der Waals surface area contributed by atoms with Gasteiger partial charge in [-0.05, 0) is 29.9 Å². The maximum absolute atomic E-state index is 6.41. The number of rotatable bonds is 8. The second-order valence-electron chi connectivity index (χ2n) is 5.33. The molecule has 0 aliphatic carbocycles. The summed E-state index contributed by atoms with van der Waals surface area (Å²) in [5.74, 6) is 0.627. The van der Waals surface area contributed by atoms with Gasteiger partial charge in [-0.15, -0.1) is 0 Å². The highest BCUT2D eigenvalue weighted by Gasteiger charge is 2.17. The minimum Gasteiger partial charge on any atom is -0.324 e. The summed E-state index contributed by atoms with van der Waals surface area (Å²) in [5, 5.41) is 0. The molecule has 2 atom stereocenters. The van der Waals surface area contributed by atoms with Crippen molar-refractivity contribution in [2.24, 2.45) is 11.7 Å². The van der Waals surface area contributed by atoms with E-state index in [0.717, 1.165) is 0 Å². The lowest BCUT2D eigenvalue weighted by atomic mass is 9.87. The average Bonchev–Trinajstić information content (AvgIpc) is 2.40. The van der Waals surface area contributed by atoms with Crippen LogP contribution < -0.4 is 5.73 Å². The molecule has 0 aromatic heterocycles. The summed E-state index contributed by atoms with van der Waals surface area (Å²) < 4.78 is 0. The first-order valence-corrected chi connectivity index (χ1v) is 7.57. The molecule has 1 nitrogen and oxygen atoms in total. The van der Waals surface area contributed by atoms with Crippen LogP contribution in [0.1, 0.15) is 70.0 Å². The molecule has 0 amide bonds. The summed E-state index contributed by atoms with van der Waals surface area (Å²) in [4.78, 5) is 0. The molecule has 1 aromatic rings. The first kappa shape index (κ1) is 15.2. The molecule has 1 heteroatoms. The molecule has 0 spiro atoms. The first-order valence-electron chi connectivity index (χ1n) is 7.57. The Bertz CT molecular complexity index is 315. The summed E-state index contributed by atoms with van der Waals surface area (Å²) in [7, 11) is 0. The van der Waals surface area contributed by atoms with Gasteiger partial charge in [0.2, 0.25) is 0 Å². The Morgan fingerprint density at radius 2 is 1.67 bits per heavy atom. The molecule has 1 aromatic carbocycles. The summed E-state index contributed by atoms with van der Waals surface area (Å²) >= 11 is 0. The molecular formula is C17H29N.